The van der Waals surface area contributed by atoms with Gasteiger partial charge in [-0.1, -0.05) is 39.7 Å². The normalized spacial score (nSPS) is 10.4. The molecule has 0 saturated carbocycles. The largest absolute Gasteiger partial charge is 0.362 e. The number of hydrogen-bond acceptors (Lipinski definition) is 2. The summed E-state index contributed by atoms with van der Waals surface area (Å²) >= 11 is 16.2. The minimum atomic E-state index is -0.259. The van der Waals surface area contributed by atoms with Crippen molar-refractivity contribution in [3.8, 4) is 0 Å². The van der Waals surface area contributed by atoms with Crippen LogP contribution in [0.4, 0.5) is 10.1 Å². The summed E-state index contributed by atoms with van der Waals surface area (Å²) in [5.41, 5.74) is 1.47. The molecule has 0 atom stereocenters. The van der Waals surface area contributed by atoms with Gasteiger partial charge in [0, 0.05) is 38.8 Å². The van der Waals surface area contributed by atoms with Crippen molar-refractivity contribution in [2.45, 2.75) is 5.75 Å². The van der Waals surface area contributed by atoms with Crippen LogP contribution in [0, 0.1) is 5.82 Å². The van der Waals surface area contributed by atoms with E-state index in [2.05, 4.69) is 26.6 Å². The highest BCUT2D eigenvalue weighted by Crippen LogP contribution is 2.23. The molecule has 2 rings (SSSR count). The van der Waals surface area contributed by atoms with Gasteiger partial charge in [0.25, 0.3) is 0 Å². The van der Waals surface area contributed by atoms with E-state index in [1.165, 1.54) is 6.07 Å². The van der Waals surface area contributed by atoms with Gasteiger partial charge in [-0.05, 0) is 42.5 Å². The molecular weight excluding hydrogens is 419 g/mol. The number of halogens is 3. The van der Waals surface area contributed by atoms with Crippen LogP contribution in [-0.4, -0.2) is 17.4 Å². The number of thioether (sulfide) groups is 1. The number of anilines is 1. The molecule has 2 aromatic rings. The third-order valence-electron chi connectivity index (χ3n) is 2.92. The predicted octanol–water partition coefficient (Wildman–Crippen LogP) is 5.46. The smallest absolute Gasteiger partial charge is 0.170 e. The lowest BCUT2D eigenvalue weighted by molar-refractivity contribution is 0.617. The first-order valence-electron chi connectivity index (χ1n) is 6.87. The first-order valence-corrected chi connectivity index (χ1v) is 9.60. The second-order valence-electron chi connectivity index (χ2n) is 4.64. The summed E-state index contributed by atoms with van der Waals surface area (Å²) in [4.78, 5) is 0. The topological polar surface area (TPSA) is 24.1 Å². The third kappa shape index (κ3) is 6.30. The maximum atomic E-state index is 13.6. The van der Waals surface area contributed by atoms with Crippen molar-refractivity contribution in [1.29, 1.82) is 0 Å². The number of rotatable bonds is 6. The summed E-state index contributed by atoms with van der Waals surface area (Å²) in [6, 6.07) is 12.5. The molecule has 122 valence electrons. The van der Waals surface area contributed by atoms with Crippen molar-refractivity contribution in [1.82, 2.24) is 5.32 Å². The van der Waals surface area contributed by atoms with Gasteiger partial charge in [-0.2, -0.15) is 11.8 Å². The Balaban J connectivity index is 1.68. The molecule has 0 unspecified atom stereocenters. The van der Waals surface area contributed by atoms with Gasteiger partial charge in [-0.15, -0.1) is 0 Å². The molecule has 0 radical (unpaired) electrons. The molecule has 2 N–H and O–H groups in total. The lowest BCUT2D eigenvalue weighted by Crippen LogP contribution is -2.30. The number of thiocarbonyl (C=S) groups is 1. The van der Waals surface area contributed by atoms with Crippen LogP contribution in [0.1, 0.15) is 5.56 Å². The summed E-state index contributed by atoms with van der Waals surface area (Å²) < 4.78 is 14.6. The van der Waals surface area contributed by atoms with E-state index in [1.54, 1.807) is 23.9 Å². The Labute approximate surface area is 158 Å². The quantitative estimate of drug-likeness (QED) is 0.466. The molecule has 0 saturated heterocycles. The van der Waals surface area contributed by atoms with Crippen molar-refractivity contribution in [3.63, 3.8) is 0 Å². The first kappa shape index (κ1) is 18.5. The molecule has 2 aromatic carbocycles. The van der Waals surface area contributed by atoms with Crippen LogP contribution in [0.25, 0.3) is 0 Å². The van der Waals surface area contributed by atoms with Crippen LogP contribution in [0.5, 0.6) is 0 Å². The predicted molar refractivity (Wildman–Crippen MR) is 106 cm³/mol. The Morgan fingerprint density at radius 2 is 2.04 bits per heavy atom. The zero-order valence-corrected chi connectivity index (χ0v) is 16.1. The minimum absolute atomic E-state index is 0.259. The average molecular weight is 434 g/mol. The SMILES string of the molecule is Fc1cccc(Cl)c1CSCCNC(=S)Nc1cccc(Br)c1. The highest BCUT2D eigenvalue weighted by atomic mass is 79.9. The molecule has 0 amide bonds. The molecule has 0 spiro atoms. The fourth-order valence-corrected chi connectivity index (χ4v) is 3.64. The first-order chi connectivity index (χ1) is 11.1. The fraction of sp³-hybridized carbons (Fsp3) is 0.188. The van der Waals surface area contributed by atoms with Crippen LogP contribution in [0.15, 0.2) is 46.9 Å². The van der Waals surface area contributed by atoms with Crippen molar-refractivity contribution in [3.05, 3.63) is 63.3 Å². The summed E-state index contributed by atoms with van der Waals surface area (Å²) in [5, 5.41) is 7.27. The van der Waals surface area contributed by atoms with Gasteiger partial charge >= 0.3 is 0 Å². The van der Waals surface area contributed by atoms with Crippen molar-refractivity contribution in [2.75, 3.05) is 17.6 Å². The van der Waals surface area contributed by atoms with Gasteiger partial charge in [0.1, 0.15) is 5.82 Å². The van der Waals surface area contributed by atoms with E-state index >= 15 is 0 Å². The second-order valence-corrected chi connectivity index (χ2v) is 7.48. The van der Waals surface area contributed by atoms with E-state index in [-0.39, 0.29) is 5.82 Å². The lowest BCUT2D eigenvalue weighted by atomic mass is 10.2. The zero-order valence-electron chi connectivity index (χ0n) is 12.1. The summed E-state index contributed by atoms with van der Waals surface area (Å²) in [6.07, 6.45) is 0. The van der Waals surface area contributed by atoms with E-state index in [0.29, 0.717) is 28.0 Å². The summed E-state index contributed by atoms with van der Waals surface area (Å²) in [7, 11) is 0. The van der Waals surface area contributed by atoms with E-state index in [4.69, 9.17) is 23.8 Å². The van der Waals surface area contributed by atoms with Crippen LogP contribution >= 0.6 is 51.5 Å². The Hall–Kier alpha value is -0.820. The molecule has 0 heterocycles. The van der Waals surface area contributed by atoms with E-state index in [1.807, 2.05) is 24.3 Å². The van der Waals surface area contributed by atoms with Gasteiger partial charge in [0.15, 0.2) is 5.11 Å². The van der Waals surface area contributed by atoms with Crippen LogP contribution in [0.3, 0.4) is 0 Å². The van der Waals surface area contributed by atoms with Crippen LogP contribution in [0.2, 0.25) is 5.02 Å². The van der Waals surface area contributed by atoms with Crippen LogP contribution < -0.4 is 10.6 Å². The van der Waals surface area contributed by atoms with Crippen molar-refractivity contribution < 1.29 is 4.39 Å². The Morgan fingerprint density at radius 1 is 1.26 bits per heavy atom. The molecular formula is C16H15BrClFN2S2. The molecule has 0 aliphatic heterocycles. The van der Waals surface area contributed by atoms with Crippen molar-refractivity contribution in [2.24, 2.45) is 0 Å². The summed E-state index contributed by atoms with van der Waals surface area (Å²) in [6.45, 7) is 0.691. The van der Waals surface area contributed by atoms with E-state index in [9.17, 15) is 4.39 Å². The Kier molecular flexibility index (Phi) is 7.62. The molecule has 0 aliphatic rings. The molecule has 0 aliphatic carbocycles. The van der Waals surface area contributed by atoms with Crippen molar-refractivity contribution >= 4 is 62.3 Å². The maximum Gasteiger partial charge on any atom is 0.170 e. The lowest BCUT2D eigenvalue weighted by Gasteiger charge is -2.11. The number of benzene rings is 2. The van der Waals surface area contributed by atoms with Gasteiger partial charge in [-0.25, -0.2) is 4.39 Å². The molecule has 0 aromatic heterocycles. The van der Waals surface area contributed by atoms with Gasteiger partial charge < -0.3 is 10.6 Å². The monoisotopic (exact) mass is 432 g/mol. The number of nitrogens with one attached hydrogen (secondary N) is 2. The third-order valence-corrected chi connectivity index (χ3v) is 5.00. The minimum Gasteiger partial charge on any atom is -0.362 e. The Bertz CT molecular complexity index is 665. The summed E-state index contributed by atoms with van der Waals surface area (Å²) in [5.74, 6) is 1.08. The highest BCUT2D eigenvalue weighted by molar-refractivity contribution is 9.10. The number of hydrogen-bond donors (Lipinski definition) is 2. The van der Waals surface area contributed by atoms with Gasteiger partial charge in [-0.3, -0.25) is 0 Å². The highest BCUT2D eigenvalue weighted by Gasteiger charge is 2.06. The molecule has 0 fully saturated rings. The fourth-order valence-electron chi connectivity index (χ4n) is 1.82. The van der Waals surface area contributed by atoms with E-state index < -0.39 is 0 Å². The molecule has 0 bridgehead atoms. The Morgan fingerprint density at radius 3 is 2.78 bits per heavy atom. The van der Waals surface area contributed by atoms with Gasteiger partial charge in [0.05, 0.1) is 0 Å². The van der Waals surface area contributed by atoms with Crippen LogP contribution in [-0.2, 0) is 5.75 Å². The zero-order chi connectivity index (χ0) is 16.7. The maximum absolute atomic E-state index is 13.6. The van der Waals surface area contributed by atoms with E-state index in [0.717, 1.165) is 15.9 Å². The molecule has 23 heavy (non-hydrogen) atoms. The van der Waals surface area contributed by atoms with Gasteiger partial charge in [0.2, 0.25) is 0 Å². The second kappa shape index (κ2) is 9.47. The average Bonchev–Trinajstić information content (AvgIpc) is 2.49. The molecule has 7 heteroatoms. The molecule has 2 nitrogen and oxygen atoms in total. The standard InChI is InChI=1S/C16H15BrClFN2S2/c17-11-3-1-4-12(9-11)21-16(22)20-7-8-23-10-13-14(18)5-2-6-15(13)19/h1-6,9H,7-8,10H2,(H2,20,21,22).